The summed E-state index contributed by atoms with van der Waals surface area (Å²) in [4.78, 5) is 2.43. The summed E-state index contributed by atoms with van der Waals surface area (Å²) in [6, 6.07) is 0. The number of hydrogen-bond acceptors (Lipinski definition) is 2. The minimum absolute atomic E-state index is 0.308. The van der Waals surface area contributed by atoms with Gasteiger partial charge in [0.15, 0.2) is 0 Å². The molecule has 1 aliphatic carbocycles. The van der Waals surface area contributed by atoms with E-state index in [0.717, 1.165) is 5.92 Å². The Morgan fingerprint density at radius 2 is 2.00 bits per heavy atom. The van der Waals surface area contributed by atoms with Crippen molar-refractivity contribution in [3.05, 3.63) is 0 Å². The van der Waals surface area contributed by atoms with Crippen molar-refractivity contribution in [2.24, 2.45) is 5.92 Å². The van der Waals surface area contributed by atoms with E-state index in [0.29, 0.717) is 11.7 Å². The van der Waals surface area contributed by atoms with Gasteiger partial charge in [0, 0.05) is 13.1 Å². The molecule has 0 bridgehead atoms. The zero-order chi connectivity index (χ0) is 9.60. The van der Waals surface area contributed by atoms with Crippen molar-refractivity contribution < 1.29 is 4.74 Å². The Kier molecular flexibility index (Phi) is 2.10. The SMILES string of the molecule is CN1CCC2(CC1)CC1CCCC1O2. The van der Waals surface area contributed by atoms with Gasteiger partial charge in [-0.25, -0.2) is 0 Å². The molecule has 1 saturated carbocycles. The number of ether oxygens (including phenoxy) is 1. The van der Waals surface area contributed by atoms with E-state index in [2.05, 4.69) is 11.9 Å². The number of likely N-dealkylation sites (tertiary alicyclic amines) is 1. The Labute approximate surface area is 86.6 Å². The molecule has 80 valence electrons. The van der Waals surface area contributed by atoms with Gasteiger partial charge in [0.25, 0.3) is 0 Å². The molecule has 0 amide bonds. The maximum absolute atomic E-state index is 6.34. The molecule has 2 heteroatoms. The normalized spacial score (nSPS) is 41.8. The summed E-state index contributed by atoms with van der Waals surface area (Å²) in [6.45, 7) is 2.47. The fraction of sp³-hybridized carbons (Fsp3) is 1.00. The molecule has 3 fully saturated rings. The first kappa shape index (κ1) is 9.17. The highest BCUT2D eigenvalue weighted by molar-refractivity contribution is 4.99. The Morgan fingerprint density at radius 1 is 1.21 bits per heavy atom. The van der Waals surface area contributed by atoms with Crippen LogP contribution in [0, 0.1) is 5.92 Å². The van der Waals surface area contributed by atoms with E-state index in [9.17, 15) is 0 Å². The van der Waals surface area contributed by atoms with Crippen molar-refractivity contribution >= 4 is 0 Å². The van der Waals surface area contributed by atoms with Crippen molar-refractivity contribution in [1.82, 2.24) is 4.90 Å². The minimum Gasteiger partial charge on any atom is -0.371 e. The van der Waals surface area contributed by atoms with Gasteiger partial charge >= 0.3 is 0 Å². The summed E-state index contributed by atoms with van der Waals surface area (Å²) < 4.78 is 6.34. The first-order chi connectivity index (χ1) is 6.77. The molecule has 0 aromatic heterocycles. The van der Waals surface area contributed by atoms with Gasteiger partial charge in [-0.15, -0.1) is 0 Å². The van der Waals surface area contributed by atoms with E-state index in [1.807, 2.05) is 0 Å². The van der Waals surface area contributed by atoms with Gasteiger partial charge in [-0.1, -0.05) is 6.42 Å². The molecule has 3 rings (SSSR count). The largest absolute Gasteiger partial charge is 0.371 e. The van der Waals surface area contributed by atoms with Crippen LogP contribution in [0.1, 0.15) is 38.5 Å². The van der Waals surface area contributed by atoms with Crippen LogP contribution in [0.25, 0.3) is 0 Å². The van der Waals surface area contributed by atoms with Gasteiger partial charge in [-0.3, -0.25) is 0 Å². The van der Waals surface area contributed by atoms with Crippen LogP contribution in [-0.2, 0) is 4.74 Å². The molecular formula is C12H21NO. The molecule has 2 nitrogen and oxygen atoms in total. The maximum atomic E-state index is 6.34. The molecule has 2 saturated heterocycles. The van der Waals surface area contributed by atoms with Gasteiger partial charge in [0.05, 0.1) is 11.7 Å². The van der Waals surface area contributed by atoms with E-state index in [1.54, 1.807) is 0 Å². The van der Waals surface area contributed by atoms with Crippen LogP contribution in [0.15, 0.2) is 0 Å². The van der Waals surface area contributed by atoms with Gasteiger partial charge in [-0.2, -0.15) is 0 Å². The Bertz CT molecular complexity index is 206. The van der Waals surface area contributed by atoms with Crippen molar-refractivity contribution in [3.8, 4) is 0 Å². The number of nitrogens with zero attached hydrogens (tertiary/aromatic N) is 1. The fourth-order valence-corrected chi connectivity index (χ4v) is 3.59. The summed E-state index contributed by atoms with van der Waals surface area (Å²) in [5.74, 6) is 0.915. The molecule has 0 N–H and O–H groups in total. The van der Waals surface area contributed by atoms with E-state index < -0.39 is 0 Å². The van der Waals surface area contributed by atoms with Crippen molar-refractivity contribution in [1.29, 1.82) is 0 Å². The number of fused-ring (bicyclic) bond motifs is 1. The van der Waals surface area contributed by atoms with Gasteiger partial charge in [-0.05, 0) is 45.1 Å². The molecule has 14 heavy (non-hydrogen) atoms. The molecule has 0 radical (unpaired) electrons. The summed E-state index contributed by atoms with van der Waals surface area (Å²) in [5, 5.41) is 0. The Balaban J connectivity index is 1.68. The van der Waals surface area contributed by atoms with Crippen LogP contribution < -0.4 is 0 Å². The average Bonchev–Trinajstić information content (AvgIpc) is 2.69. The van der Waals surface area contributed by atoms with Crippen molar-refractivity contribution in [2.45, 2.75) is 50.2 Å². The van der Waals surface area contributed by atoms with Crippen molar-refractivity contribution in [3.63, 3.8) is 0 Å². The van der Waals surface area contributed by atoms with Crippen LogP contribution in [0.5, 0.6) is 0 Å². The maximum Gasteiger partial charge on any atom is 0.0714 e. The van der Waals surface area contributed by atoms with E-state index in [-0.39, 0.29) is 0 Å². The standard InChI is InChI=1S/C12H21NO/c1-13-7-5-12(6-8-13)9-10-3-2-4-11(10)14-12/h10-11H,2-9H2,1H3. The molecule has 3 aliphatic rings. The highest BCUT2D eigenvalue weighted by Crippen LogP contribution is 2.48. The topological polar surface area (TPSA) is 12.5 Å². The molecule has 0 aromatic rings. The highest BCUT2D eigenvalue weighted by Gasteiger charge is 2.48. The number of piperidine rings is 1. The zero-order valence-electron chi connectivity index (χ0n) is 9.17. The van der Waals surface area contributed by atoms with E-state index >= 15 is 0 Å². The second-order valence-corrected chi connectivity index (χ2v) is 5.54. The lowest BCUT2D eigenvalue weighted by Gasteiger charge is -2.37. The lowest BCUT2D eigenvalue weighted by atomic mass is 9.85. The summed E-state index contributed by atoms with van der Waals surface area (Å²) in [7, 11) is 2.22. The highest BCUT2D eigenvalue weighted by atomic mass is 16.5. The van der Waals surface area contributed by atoms with Crippen LogP contribution in [-0.4, -0.2) is 36.7 Å². The second kappa shape index (κ2) is 3.21. The summed E-state index contributed by atoms with van der Waals surface area (Å²) in [6.07, 6.45) is 8.73. The van der Waals surface area contributed by atoms with Crippen molar-refractivity contribution in [2.75, 3.05) is 20.1 Å². The minimum atomic E-state index is 0.308. The quantitative estimate of drug-likeness (QED) is 0.586. The molecule has 2 unspecified atom stereocenters. The third-order valence-corrected chi connectivity index (χ3v) is 4.52. The van der Waals surface area contributed by atoms with E-state index in [4.69, 9.17) is 4.74 Å². The molecule has 0 aromatic carbocycles. The second-order valence-electron chi connectivity index (χ2n) is 5.54. The van der Waals surface area contributed by atoms with Crippen LogP contribution >= 0.6 is 0 Å². The molecule has 1 spiro atoms. The molecule has 2 heterocycles. The van der Waals surface area contributed by atoms with Gasteiger partial charge in [0.1, 0.15) is 0 Å². The van der Waals surface area contributed by atoms with Gasteiger partial charge < -0.3 is 9.64 Å². The number of rotatable bonds is 0. The molecule has 2 aliphatic heterocycles. The predicted molar refractivity (Wildman–Crippen MR) is 56.3 cm³/mol. The smallest absolute Gasteiger partial charge is 0.0714 e. The predicted octanol–water partition coefficient (Wildman–Crippen LogP) is 2.04. The first-order valence-corrected chi connectivity index (χ1v) is 6.14. The van der Waals surface area contributed by atoms with Crippen LogP contribution in [0.3, 0.4) is 0 Å². The average molecular weight is 195 g/mol. The lowest BCUT2D eigenvalue weighted by molar-refractivity contribution is -0.0747. The Morgan fingerprint density at radius 3 is 2.71 bits per heavy atom. The third-order valence-electron chi connectivity index (χ3n) is 4.52. The molecule has 2 atom stereocenters. The number of hydrogen-bond donors (Lipinski definition) is 0. The monoisotopic (exact) mass is 195 g/mol. The van der Waals surface area contributed by atoms with Crippen LogP contribution in [0.4, 0.5) is 0 Å². The third kappa shape index (κ3) is 1.40. The van der Waals surface area contributed by atoms with E-state index in [1.165, 1.54) is 51.6 Å². The van der Waals surface area contributed by atoms with Gasteiger partial charge in [0.2, 0.25) is 0 Å². The summed E-state index contributed by atoms with van der Waals surface area (Å²) in [5.41, 5.74) is 0.308. The fourth-order valence-electron chi connectivity index (χ4n) is 3.59. The molecular weight excluding hydrogens is 174 g/mol. The summed E-state index contributed by atoms with van der Waals surface area (Å²) >= 11 is 0. The lowest BCUT2D eigenvalue weighted by Crippen LogP contribution is -2.42. The first-order valence-electron chi connectivity index (χ1n) is 6.14. The van der Waals surface area contributed by atoms with Crippen LogP contribution in [0.2, 0.25) is 0 Å². The zero-order valence-corrected chi connectivity index (χ0v) is 9.17. The Hall–Kier alpha value is -0.0800.